The highest BCUT2D eigenvalue weighted by molar-refractivity contribution is 6.40. The monoisotopic (exact) mass is 390 g/mol. The van der Waals surface area contributed by atoms with Crippen LogP contribution in [0.5, 0.6) is 11.5 Å². The summed E-state index contributed by atoms with van der Waals surface area (Å²) in [7, 11) is 0. The Labute approximate surface area is 165 Å². The van der Waals surface area contributed by atoms with Crippen molar-refractivity contribution in [3.05, 3.63) is 46.4 Å². The SMILES string of the molecule is CC(C)(C)Oc1c2cccc(Cl)c2c(OC(C)(C)C)c2cccc(Cl)c12. The van der Waals surface area contributed by atoms with Crippen molar-refractivity contribution >= 4 is 44.7 Å². The van der Waals surface area contributed by atoms with E-state index >= 15 is 0 Å². The molecule has 0 aliphatic carbocycles. The van der Waals surface area contributed by atoms with Gasteiger partial charge in [-0.25, -0.2) is 0 Å². The van der Waals surface area contributed by atoms with Crippen LogP contribution in [0.3, 0.4) is 0 Å². The molecule has 0 N–H and O–H groups in total. The smallest absolute Gasteiger partial charge is 0.137 e. The molecule has 3 aromatic rings. The summed E-state index contributed by atoms with van der Waals surface area (Å²) in [6, 6.07) is 11.6. The first-order valence-corrected chi connectivity index (χ1v) is 9.44. The van der Waals surface area contributed by atoms with Crippen molar-refractivity contribution in [2.45, 2.75) is 52.7 Å². The minimum absolute atomic E-state index is 0.381. The number of ether oxygens (including phenoxy) is 2. The topological polar surface area (TPSA) is 18.5 Å². The van der Waals surface area contributed by atoms with E-state index in [1.54, 1.807) is 0 Å². The highest BCUT2D eigenvalue weighted by atomic mass is 35.5. The van der Waals surface area contributed by atoms with Crippen molar-refractivity contribution in [3.8, 4) is 11.5 Å². The molecule has 0 amide bonds. The average molecular weight is 391 g/mol. The molecule has 0 aromatic heterocycles. The van der Waals surface area contributed by atoms with Gasteiger partial charge in [-0.2, -0.15) is 0 Å². The van der Waals surface area contributed by atoms with Gasteiger partial charge in [-0.1, -0.05) is 47.5 Å². The van der Waals surface area contributed by atoms with Crippen LogP contribution in [0.15, 0.2) is 36.4 Å². The lowest BCUT2D eigenvalue weighted by atomic mass is 9.99. The zero-order chi connectivity index (χ0) is 19.3. The molecule has 2 nitrogen and oxygen atoms in total. The first-order chi connectivity index (χ1) is 12.0. The summed E-state index contributed by atoms with van der Waals surface area (Å²) in [5.41, 5.74) is -0.762. The van der Waals surface area contributed by atoms with E-state index in [1.807, 2.05) is 77.9 Å². The summed E-state index contributed by atoms with van der Waals surface area (Å²) in [5, 5.41) is 4.74. The molecule has 138 valence electrons. The Bertz CT molecular complexity index is 898. The molecule has 4 heteroatoms. The molecule has 0 aliphatic heterocycles. The highest BCUT2D eigenvalue weighted by Crippen LogP contribution is 2.49. The Morgan fingerprint density at radius 2 is 0.962 bits per heavy atom. The van der Waals surface area contributed by atoms with Crippen LogP contribution in [-0.4, -0.2) is 11.2 Å². The summed E-state index contributed by atoms with van der Waals surface area (Å²) in [6.45, 7) is 12.1. The van der Waals surface area contributed by atoms with Crippen LogP contribution >= 0.6 is 23.2 Å². The van der Waals surface area contributed by atoms with E-state index in [-0.39, 0.29) is 11.2 Å². The molecule has 0 bridgehead atoms. The molecule has 0 radical (unpaired) electrons. The Balaban J connectivity index is 2.54. The summed E-state index contributed by atoms with van der Waals surface area (Å²) >= 11 is 13.2. The number of benzene rings is 3. The minimum Gasteiger partial charge on any atom is -0.487 e. The summed E-state index contributed by atoms with van der Waals surface area (Å²) in [4.78, 5) is 0. The van der Waals surface area contributed by atoms with Crippen molar-refractivity contribution in [2.75, 3.05) is 0 Å². The molecule has 0 saturated carbocycles. The largest absolute Gasteiger partial charge is 0.487 e. The number of fused-ring (bicyclic) bond motifs is 2. The third-order valence-electron chi connectivity index (χ3n) is 3.79. The normalized spacial score (nSPS) is 12.6. The van der Waals surface area contributed by atoms with Crippen molar-refractivity contribution in [1.82, 2.24) is 0 Å². The van der Waals surface area contributed by atoms with Crippen molar-refractivity contribution in [1.29, 1.82) is 0 Å². The number of hydrogen-bond acceptors (Lipinski definition) is 2. The van der Waals surface area contributed by atoms with Crippen LogP contribution in [0.25, 0.3) is 21.5 Å². The fraction of sp³-hybridized carbons (Fsp3) is 0.364. The quantitative estimate of drug-likeness (QED) is 0.418. The molecular formula is C22H24Cl2O2. The third kappa shape index (κ3) is 3.72. The summed E-state index contributed by atoms with van der Waals surface area (Å²) in [6.07, 6.45) is 0. The number of halogens is 2. The molecule has 3 rings (SSSR count). The molecule has 0 fully saturated rings. The molecule has 0 aliphatic rings. The van der Waals surface area contributed by atoms with Crippen molar-refractivity contribution < 1.29 is 9.47 Å². The average Bonchev–Trinajstić information content (AvgIpc) is 2.48. The lowest BCUT2D eigenvalue weighted by Gasteiger charge is -2.28. The fourth-order valence-corrected chi connectivity index (χ4v) is 3.50. The van der Waals surface area contributed by atoms with Gasteiger partial charge in [-0.05, 0) is 53.7 Å². The maximum atomic E-state index is 6.61. The second kappa shape index (κ2) is 6.51. The fourth-order valence-electron chi connectivity index (χ4n) is 2.98. The minimum atomic E-state index is -0.381. The van der Waals surface area contributed by atoms with Gasteiger partial charge in [0, 0.05) is 21.5 Å². The second-order valence-electron chi connectivity index (χ2n) is 8.41. The molecule has 0 unspecified atom stereocenters. The first-order valence-electron chi connectivity index (χ1n) is 8.68. The van der Waals surface area contributed by atoms with Gasteiger partial charge in [0.2, 0.25) is 0 Å². The van der Waals surface area contributed by atoms with Crippen molar-refractivity contribution in [2.24, 2.45) is 0 Å². The molecule has 0 spiro atoms. The van der Waals surface area contributed by atoms with Gasteiger partial charge in [-0.3, -0.25) is 0 Å². The maximum Gasteiger partial charge on any atom is 0.137 e. The molecule has 0 heterocycles. The zero-order valence-electron chi connectivity index (χ0n) is 16.0. The van der Waals surface area contributed by atoms with Crippen LogP contribution in [-0.2, 0) is 0 Å². The van der Waals surface area contributed by atoms with E-state index in [2.05, 4.69) is 0 Å². The predicted octanol–water partition coefficient (Wildman–Crippen LogP) is 7.65. The van der Waals surface area contributed by atoms with E-state index in [1.165, 1.54) is 0 Å². The standard InChI is InChI=1S/C22H24Cl2O2/c1-21(2,3)25-19-13-9-7-12-16(24)18(13)20(26-22(4,5)6)14-10-8-11-15(23)17(14)19/h7-12H,1-6H3. The van der Waals surface area contributed by atoms with E-state index in [4.69, 9.17) is 32.7 Å². The van der Waals surface area contributed by atoms with Gasteiger partial charge >= 0.3 is 0 Å². The predicted molar refractivity (Wildman–Crippen MR) is 112 cm³/mol. The van der Waals surface area contributed by atoms with Gasteiger partial charge in [0.15, 0.2) is 0 Å². The molecule has 0 saturated heterocycles. The van der Waals surface area contributed by atoms with E-state index < -0.39 is 0 Å². The lowest BCUT2D eigenvalue weighted by molar-refractivity contribution is 0.131. The Morgan fingerprint density at radius 3 is 1.27 bits per heavy atom. The Morgan fingerprint density at radius 1 is 0.615 bits per heavy atom. The van der Waals surface area contributed by atoms with Crippen LogP contribution in [0.4, 0.5) is 0 Å². The van der Waals surface area contributed by atoms with Gasteiger partial charge < -0.3 is 9.47 Å². The van der Waals surface area contributed by atoms with Crippen LogP contribution in [0.2, 0.25) is 10.0 Å². The van der Waals surface area contributed by atoms with Gasteiger partial charge in [-0.15, -0.1) is 0 Å². The van der Waals surface area contributed by atoms with E-state index in [0.717, 1.165) is 33.0 Å². The highest BCUT2D eigenvalue weighted by Gasteiger charge is 2.25. The second-order valence-corrected chi connectivity index (χ2v) is 9.23. The first kappa shape index (κ1) is 19.1. The Kier molecular flexibility index (Phi) is 4.79. The summed E-state index contributed by atoms with van der Waals surface area (Å²) < 4.78 is 12.7. The zero-order valence-corrected chi connectivity index (χ0v) is 17.5. The van der Waals surface area contributed by atoms with Crippen LogP contribution in [0, 0.1) is 0 Å². The van der Waals surface area contributed by atoms with E-state index in [0.29, 0.717) is 10.0 Å². The third-order valence-corrected chi connectivity index (χ3v) is 4.42. The molecular weight excluding hydrogens is 367 g/mol. The molecule has 26 heavy (non-hydrogen) atoms. The molecule has 0 atom stereocenters. The van der Waals surface area contributed by atoms with Gasteiger partial charge in [0.1, 0.15) is 22.7 Å². The molecule has 3 aromatic carbocycles. The maximum absolute atomic E-state index is 6.61. The Hall–Kier alpha value is -1.64. The summed E-state index contributed by atoms with van der Waals surface area (Å²) in [5.74, 6) is 1.47. The van der Waals surface area contributed by atoms with Gasteiger partial charge in [0.25, 0.3) is 0 Å². The van der Waals surface area contributed by atoms with Crippen LogP contribution in [0.1, 0.15) is 41.5 Å². The van der Waals surface area contributed by atoms with Gasteiger partial charge in [0.05, 0.1) is 10.0 Å². The van der Waals surface area contributed by atoms with Crippen molar-refractivity contribution in [3.63, 3.8) is 0 Å². The number of hydrogen-bond donors (Lipinski definition) is 0. The van der Waals surface area contributed by atoms with E-state index in [9.17, 15) is 0 Å². The number of rotatable bonds is 2. The van der Waals surface area contributed by atoms with Crippen LogP contribution < -0.4 is 9.47 Å². The lowest BCUT2D eigenvalue weighted by Crippen LogP contribution is -2.24.